The van der Waals surface area contributed by atoms with Crippen molar-refractivity contribution in [3.05, 3.63) is 71.0 Å². The van der Waals surface area contributed by atoms with E-state index in [0.717, 1.165) is 54.7 Å². The molecule has 2 N–H and O–H groups in total. The highest BCUT2D eigenvalue weighted by atomic mass is 16.3. The minimum Gasteiger partial charge on any atom is -0.390 e. The molecule has 2 aromatic carbocycles. The molecule has 1 unspecified atom stereocenters. The standard InChI is InChI=1S/C27H31N5O2/c1-2-17-14-31(15-25(33)24-12-18-5-3-4-6-20(18)13-28-24)27(34)22-10-7-19(11-23(17)22)26-29-16-30-32(26)21-8-9-21/h3-7,10-11,16-17,21,24-25,28,33H,2,8-9,12-15H2,1H3/t17?,24-,25+/m0/s1. The van der Waals surface area contributed by atoms with E-state index in [1.165, 1.54) is 11.1 Å². The van der Waals surface area contributed by atoms with Gasteiger partial charge in [-0.05, 0) is 54.5 Å². The maximum Gasteiger partial charge on any atom is 0.254 e. The quantitative estimate of drug-likeness (QED) is 0.594. The minimum atomic E-state index is -0.618. The van der Waals surface area contributed by atoms with Crippen LogP contribution >= 0.6 is 0 Å². The molecule has 2 aliphatic heterocycles. The first kappa shape index (κ1) is 21.5. The number of carbonyl (C=O) groups is 1. The average molecular weight is 458 g/mol. The Morgan fingerprint density at radius 2 is 2.00 bits per heavy atom. The number of aliphatic hydroxyl groups excluding tert-OH is 1. The number of β-amino-alcohol motifs (C(OH)–C–C–N with tert-alkyl or cyclic N) is 1. The molecular formula is C27H31N5O2. The molecule has 1 fully saturated rings. The first-order valence-corrected chi connectivity index (χ1v) is 12.4. The minimum absolute atomic E-state index is 0.00479. The Hall–Kier alpha value is -3.03. The molecule has 34 heavy (non-hydrogen) atoms. The second kappa shape index (κ2) is 8.64. The number of fused-ring (bicyclic) bond motifs is 2. The molecule has 7 heteroatoms. The molecule has 3 atom stereocenters. The van der Waals surface area contributed by atoms with E-state index in [0.29, 0.717) is 19.1 Å². The monoisotopic (exact) mass is 457 g/mol. The predicted molar refractivity (Wildman–Crippen MR) is 129 cm³/mol. The number of carbonyl (C=O) groups excluding carboxylic acids is 1. The summed E-state index contributed by atoms with van der Waals surface area (Å²) in [5.74, 6) is 1.12. The van der Waals surface area contributed by atoms with Gasteiger partial charge in [0.2, 0.25) is 0 Å². The summed E-state index contributed by atoms with van der Waals surface area (Å²) in [5.41, 5.74) is 5.42. The summed E-state index contributed by atoms with van der Waals surface area (Å²) < 4.78 is 2.02. The van der Waals surface area contributed by atoms with Gasteiger partial charge in [0.15, 0.2) is 5.82 Å². The van der Waals surface area contributed by atoms with Crippen molar-refractivity contribution in [3.8, 4) is 11.4 Å². The summed E-state index contributed by atoms with van der Waals surface area (Å²) >= 11 is 0. The van der Waals surface area contributed by atoms with Crippen LogP contribution in [0.25, 0.3) is 11.4 Å². The maximum atomic E-state index is 13.4. The summed E-state index contributed by atoms with van der Waals surface area (Å²) in [5, 5.41) is 18.9. The van der Waals surface area contributed by atoms with Gasteiger partial charge in [0.1, 0.15) is 6.33 Å². The van der Waals surface area contributed by atoms with Crippen LogP contribution in [0, 0.1) is 0 Å². The lowest BCUT2D eigenvalue weighted by Gasteiger charge is -2.38. The number of hydrogen-bond donors (Lipinski definition) is 2. The van der Waals surface area contributed by atoms with E-state index in [4.69, 9.17) is 0 Å². The fourth-order valence-electron chi connectivity index (χ4n) is 5.51. The van der Waals surface area contributed by atoms with Crippen molar-refractivity contribution >= 4 is 5.91 Å². The fourth-order valence-corrected chi connectivity index (χ4v) is 5.51. The van der Waals surface area contributed by atoms with Gasteiger partial charge in [-0.3, -0.25) is 4.79 Å². The Morgan fingerprint density at radius 3 is 2.79 bits per heavy atom. The number of amides is 1. The van der Waals surface area contributed by atoms with Crippen molar-refractivity contribution in [1.82, 2.24) is 25.0 Å². The van der Waals surface area contributed by atoms with Crippen LogP contribution in [0.5, 0.6) is 0 Å². The van der Waals surface area contributed by atoms with Gasteiger partial charge in [0.05, 0.1) is 12.1 Å². The molecule has 3 heterocycles. The predicted octanol–water partition coefficient (Wildman–Crippen LogP) is 3.30. The zero-order valence-electron chi connectivity index (χ0n) is 19.5. The number of nitrogens with zero attached hydrogens (tertiary/aromatic N) is 4. The maximum absolute atomic E-state index is 13.4. The molecule has 0 saturated heterocycles. The van der Waals surface area contributed by atoms with Gasteiger partial charge in [-0.1, -0.05) is 37.3 Å². The highest BCUT2D eigenvalue weighted by Crippen LogP contribution is 2.38. The molecule has 3 aromatic rings. The number of nitrogens with one attached hydrogen (secondary N) is 1. The Bertz CT molecular complexity index is 1220. The Labute approximate surface area is 199 Å². The summed E-state index contributed by atoms with van der Waals surface area (Å²) in [6.45, 7) is 3.88. The number of rotatable bonds is 6. The SMILES string of the molecule is CCC1CN(C[C@@H](O)[C@@H]2Cc3ccccc3CN2)C(=O)c2ccc(-c3ncnn3C3CC3)cc21. The normalized spacial score (nSPS) is 22.9. The molecule has 3 aliphatic rings. The molecule has 0 spiro atoms. The van der Waals surface area contributed by atoms with Crippen LogP contribution in [0.1, 0.15) is 65.2 Å². The van der Waals surface area contributed by atoms with Crippen molar-refractivity contribution < 1.29 is 9.90 Å². The van der Waals surface area contributed by atoms with Crippen LogP contribution in [0.3, 0.4) is 0 Å². The fraction of sp³-hybridized carbons (Fsp3) is 0.444. The number of benzene rings is 2. The topological polar surface area (TPSA) is 83.3 Å². The van der Waals surface area contributed by atoms with E-state index in [9.17, 15) is 9.90 Å². The van der Waals surface area contributed by atoms with Gasteiger partial charge in [-0.2, -0.15) is 5.10 Å². The summed E-state index contributed by atoms with van der Waals surface area (Å²) in [6.07, 6.45) is 5.01. The summed E-state index contributed by atoms with van der Waals surface area (Å²) in [7, 11) is 0. The third kappa shape index (κ3) is 3.83. The van der Waals surface area contributed by atoms with E-state index in [1.54, 1.807) is 6.33 Å². The largest absolute Gasteiger partial charge is 0.390 e. The van der Waals surface area contributed by atoms with Gasteiger partial charge in [0, 0.05) is 42.7 Å². The average Bonchev–Trinajstić information content (AvgIpc) is 3.60. The van der Waals surface area contributed by atoms with Gasteiger partial charge in [-0.25, -0.2) is 9.67 Å². The third-order valence-electron chi connectivity index (χ3n) is 7.65. The Kier molecular flexibility index (Phi) is 5.46. The molecule has 1 amide bonds. The number of aliphatic hydroxyl groups is 1. The van der Waals surface area contributed by atoms with Crippen LogP contribution in [0.4, 0.5) is 0 Å². The van der Waals surface area contributed by atoms with Crippen molar-refractivity contribution in [2.75, 3.05) is 13.1 Å². The third-order valence-corrected chi connectivity index (χ3v) is 7.65. The molecule has 1 aromatic heterocycles. The van der Waals surface area contributed by atoms with Gasteiger partial charge in [0.25, 0.3) is 5.91 Å². The second-order valence-corrected chi connectivity index (χ2v) is 9.90. The van der Waals surface area contributed by atoms with Crippen LogP contribution in [0.15, 0.2) is 48.8 Å². The molecule has 1 saturated carbocycles. The van der Waals surface area contributed by atoms with Crippen LogP contribution in [-0.4, -0.2) is 55.9 Å². The number of hydrogen-bond acceptors (Lipinski definition) is 5. The lowest BCUT2D eigenvalue weighted by molar-refractivity contribution is 0.0484. The molecule has 0 radical (unpaired) electrons. The molecular weight excluding hydrogens is 426 g/mol. The van der Waals surface area contributed by atoms with Crippen LogP contribution < -0.4 is 5.32 Å². The highest BCUT2D eigenvalue weighted by Gasteiger charge is 2.35. The summed E-state index contributed by atoms with van der Waals surface area (Å²) in [6, 6.07) is 14.8. The lowest BCUT2D eigenvalue weighted by atomic mass is 9.85. The van der Waals surface area contributed by atoms with E-state index >= 15 is 0 Å². The first-order chi connectivity index (χ1) is 16.6. The second-order valence-electron chi connectivity index (χ2n) is 9.90. The highest BCUT2D eigenvalue weighted by molar-refractivity contribution is 5.97. The summed E-state index contributed by atoms with van der Waals surface area (Å²) in [4.78, 5) is 19.8. The zero-order valence-corrected chi connectivity index (χ0v) is 19.5. The Morgan fingerprint density at radius 1 is 1.18 bits per heavy atom. The molecule has 1 aliphatic carbocycles. The van der Waals surface area contributed by atoms with Gasteiger partial charge >= 0.3 is 0 Å². The van der Waals surface area contributed by atoms with Crippen molar-refractivity contribution in [3.63, 3.8) is 0 Å². The molecule has 176 valence electrons. The van der Waals surface area contributed by atoms with Crippen molar-refractivity contribution in [1.29, 1.82) is 0 Å². The van der Waals surface area contributed by atoms with Gasteiger partial charge < -0.3 is 15.3 Å². The van der Waals surface area contributed by atoms with Crippen molar-refractivity contribution in [2.24, 2.45) is 0 Å². The van der Waals surface area contributed by atoms with E-state index in [1.807, 2.05) is 33.8 Å². The Balaban J connectivity index is 1.22. The molecule has 7 nitrogen and oxygen atoms in total. The first-order valence-electron chi connectivity index (χ1n) is 12.4. The van der Waals surface area contributed by atoms with E-state index in [2.05, 4.69) is 40.5 Å². The molecule has 6 rings (SSSR count). The van der Waals surface area contributed by atoms with Crippen LogP contribution in [-0.2, 0) is 13.0 Å². The number of aromatic nitrogens is 3. The van der Waals surface area contributed by atoms with Crippen LogP contribution in [0.2, 0.25) is 0 Å². The zero-order chi connectivity index (χ0) is 23.2. The van der Waals surface area contributed by atoms with E-state index < -0.39 is 6.10 Å². The van der Waals surface area contributed by atoms with Crippen molar-refractivity contribution in [2.45, 2.75) is 63.3 Å². The lowest BCUT2D eigenvalue weighted by Crippen LogP contribution is -2.52. The van der Waals surface area contributed by atoms with Gasteiger partial charge in [-0.15, -0.1) is 0 Å². The molecule has 0 bridgehead atoms. The smallest absolute Gasteiger partial charge is 0.254 e. The van der Waals surface area contributed by atoms with E-state index in [-0.39, 0.29) is 17.9 Å².